The van der Waals surface area contributed by atoms with Gasteiger partial charge < -0.3 is 19.3 Å². The molecule has 0 aromatic heterocycles. The molecule has 7 heteroatoms. The third-order valence-corrected chi connectivity index (χ3v) is 11.6. The van der Waals surface area contributed by atoms with Gasteiger partial charge in [-0.3, -0.25) is 9.59 Å². The molecule has 1 saturated heterocycles. The van der Waals surface area contributed by atoms with Crippen LogP contribution >= 0.6 is 0 Å². The van der Waals surface area contributed by atoms with Crippen molar-refractivity contribution in [3.05, 3.63) is 42.0 Å². The number of cyclic esters (lactones) is 1. The van der Waals surface area contributed by atoms with Crippen molar-refractivity contribution in [2.45, 2.75) is 103 Å². The summed E-state index contributed by atoms with van der Waals surface area (Å²) in [6.07, 6.45) is 6.65. The van der Waals surface area contributed by atoms with E-state index in [4.69, 9.17) is 14.2 Å². The zero-order valence-corrected chi connectivity index (χ0v) is 26.0. The van der Waals surface area contributed by atoms with Crippen molar-refractivity contribution >= 4 is 28.7 Å². The van der Waals surface area contributed by atoms with Gasteiger partial charge in [-0.25, -0.2) is 4.79 Å². The molecule has 1 aliphatic heterocycles. The second-order valence-corrected chi connectivity index (χ2v) is 14.5. The minimum atomic E-state index is -0.898. The minimum Gasteiger partial charge on any atom is -0.508 e. The average Bonchev–Trinajstić information content (AvgIpc) is 3.38. The smallest absolute Gasteiger partial charge is 0.347 e. The van der Waals surface area contributed by atoms with Crippen molar-refractivity contribution in [3.8, 4) is 5.75 Å². The van der Waals surface area contributed by atoms with Crippen LogP contribution in [0.3, 0.4) is 0 Å². The Morgan fingerprint density at radius 2 is 1.70 bits per heavy atom. The highest BCUT2D eigenvalue weighted by molar-refractivity contribution is 5.85. The number of ether oxygens (including phenoxy) is 3. The van der Waals surface area contributed by atoms with Crippen molar-refractivity contribution in [2.24, 2.45) is 35.0 Å². The predicted octanol–water partition coefficient (Wildman–Crippen LogP) is 7.08. The Labute approximate surface area is 254 Å². The molecule has 2 aromatic rings. The lowest BCUT2D eigenvalue weighted by Crippen LogP contribution is -2.59. The Bertz CT molecular complexity index is 1370. The molecule has 0 amide bonds. The fraction of sp³-hybridized carbons (Fsp3) is 0.639. The van der Waals surface area contributed by atoms with E-state index in [9.17, 15) is 19.5 Å². The molecule has 232 valence electrons. The van der Waals surface area contributed by atoms with E-state index in [-0.39, 0.29) is 30.7 Å². The van der Waals surface area contributed by atoms with Crippen molar-refractivity contribution in [2.75, 3.05) is 6.61 Å². The van der Waals surface area contributed by atoms with Gasteiger partial charge in [0.25, 0.3) is 0 Å². The van der Waals surface area contributed by atoms with Crippen LogP contribution in [0.15, 0.2) is 36.4 Å². The molecule has 0 radical (unpaired) electrons. The largest absolute Gasteiger partial charge is 0.508 e. The molecule has 1 heterocycles. The Balaban J connectivity index is 1.22. The van der Waals surface area contributed by atoms with Crippen LogP contribution in [-0.2, 0) is 28.6 Å². The molecule has 2 aromatic carbocycles. The van der Waals surface area contributed by atoms with Crippen LogP contribution in [0.5, 0.6) is 5.75 Å². The highest BCUT2D eigenvalue weighted by Gasteiger charge is 2.58. The van der Waals surface area contributed by atoms with Gasteiger partial charge in [-0.2, -0.15) is 0 Å². The van der Waals surface area contributed by atoms with Crippen molar-refractivity contribution in [1.82, 2.24) is 0 Å². The number of phenols is 1. The lowest BCUT2D eigenvalue weighted by Gasteiger charge is -2.59. The number of carbonyl (C=O) groups excluding carboxylic acids is 3. The van der Waals surface area contributed by atoms with E-state index in [0.29, 0.717) is 31.1 Å². The summed E-state index contributed by atoms with van der Waals surface area (Å²) in [5.41, 5.74) is -0.270. The Morgan fingerprint density at radius 1 is 1.05 bits per heavy atom. The predicted molar refractivity (Wildman–Crippen MR) is 162 cm³/mol. The first-order chi connectivity index (χ1) is 20.5. The van der Waals surface area contributed by atoms with Gasteiger partial charge in [-0.05, 0) is 123 Å². The number of fused-ring (bicyclic) bond motifs is 1. The Kier molecular flexibility index (Phi) is 7.97. The van der Waals surface area contributed by atoms with Crippen molar-refractivity contribution in [1.29, 1.82) is 0 Å². The Morgan fingerprint density at radius 3 is 2.33 bits per heavy atom. The summed E-state index contributed by atoms with van der Waals surface area (Å²) in [7, 11) is 0. The molecule has 5 fully saturated rings. The molecule has 4 unspecified atom stereocenters. The normalized spacial score (nSPS) is 32.2. The number of carbonyl (C=O) groups is 3. The van der Waals surface area contributed by atoms with Crippen LogP contribution in [0.25, 0.3) is 10.8 Å². The molecular formula is C36H46O7. The summed E-state index contributed by atoms with van der Waals surface area (Å²) in [5, 5.41) is 11.8. The van der Waals surface area contributed by atoms with Gasteiger partial charge in [0.2, 0.25) is 6.10 Å². The molecule has 0 spiro atoms. The lowest BCUT2D eigenvalue weighted by molar-refractivity contribution is -0.213. The summed E-state index contributed by atoms with van der Waals surface area (Å²) in [4.78, 5) is 40.0. The van der Waals surface area contributed by atoms with Crippen LogP contribution in [0.4, 0.5) is 0 Å². The second-order valence-electron chi connectivity index (χ2n) is 14.5. The SMILES string of the molecule is CCC(C)(CC(CC(C)c1ccc2cc(O)ccc2c1)C(=O)OC1CCOC1=O)C(=O)OC1(C)C2CC3CC(C2)CC1C3. The van der Waals surface area contributed by atoms with E-state index < -0.39 is 35.0 Å². The van der Waals surface area contributed by atoms with Gasteiger partial charge in [0.1, 0.15) is 11.4 Å². The molecule has 4 bridgehead atoms. The molecule has 1 N–H and O–H groups in total. The minimum absolute atomic E-state index is 0.0228. The van der Waals surface area contributed by atoms with Crippen LogP contribution in [0, 0.1) is 35.0 Å². The van der Waals surface area contributed by atoms with E-state index in [0.717, 1.165) is 53.9 Å². The molecule has 4 atom stereocenters. The molecular weight excluding hydrogens is 544 g/mol. The zero-order chi connectivity index (χ0) is 30.5. The third kappa shape index (κ3) is 5.76. The van der Waals surface area contributed by atoms with Gasteiger partial charge in [0, 0.05) is 6.42 Å². The van der Waals surface area contributed by atoms with Crippen molar-refractivity contribution < 1.29 is 33.7 Å². The summed E-state index contributed by atoms with van der Waals surface area (Å²) < 4.78 is 17.3. The van der Waals surface area contributed by atoms with E-state index in [1.54, 1.807) is 12.1 Å². The monoisotopic (exact) mass is 590 g/mol. The average molecular weight is 591 g/mol. The van der Waals surface area contributed by atoms with E-state index in [2.05, 4.69) is 19.9 Å². The molecule has 4 saturated carbocycles. The Hall–Kier alpha value is -3.09. The number of hydrogen-bond donors (Lipinski definition) is 1. The van der Waals surface area contributed by atoms with E-state index in [1.807, 2.05) is 32.0 Å². The van der Waals surface area contributed by atoms with Crippen LogP contribution in [0.1, 0.15) is 97.0 Å². The topological polar surface area (TPSA) is 99.1 Å². The fourth-order valence-corrected chi connectivity index (χ4v) is 8.73. The van der Waals surface area contributed by atoms with E-state index in [1.165, 1.54) is 6.42 Å². The first-order valence-electron chi connectivity index (χ1n) is 16.3. The molecule has 7 nitrogen and oxygen atoms in total. The number of hydrogen-bond acceptors (Lipinski definition) is 7. The number of benzene rings is 2. The highest BCUT2D eigenvalue weighted by atomic mass is 16.6. The number of rotatable bonds is 10. The summed E-state index contributed by atoms with van der Waals surface area (Å²) in [5.74, 6) is 0.769. The number of esters is 3. The van der Waals surface area contributed by atoms with Gasteiger partial charge in [-0.1, -0.05) is 38.1 Å². The van der Waals surface area contributed by atoms with E-state index >= 15 is 0 Å². The van der Waals surface area contributed by atoms with Crippen LogP contribution in [-0.4, -0.2) is 41.3 Å². The molecule has 4 aliphatic carbocycles. The highest BCUT2D eigenvalue weighted by Crippen LogP contribution is 2.60. The van der Waals surface area contributed by atoms with Crippen molar-refractivity contribution in [3.63, 3.8) is 0 Å². The van der Waals surface area contributed by atoms with Crippen LogP contribution < -0.4 is 0 Å². The maximum absolute atomic E-state index is 14.1. The first-order valence-corrected chi connectivity index (χ1v) is 16.3. The standard InChI is InChI=1S/C36H46O7/c1-5-35(3,34(40)43-36(4)28-14-22-13-23(16-28)17-29(36)15-22)20-27(32(38)42-31-10-11-41-33(31)39)12-21(2)24-6-7-26-19-30(37)9-8-25(26)18-24/h6-9,18-19,21-23,27-29,31,37H,5,10-17,20H2,1-4H3. The number of aromatic hydroxyl groups is 1. The van der Waals surface area contributed by atoms with Gasteiger partial charge in [0.05, 0.1) is 17.9 Å². The summed E-state index contributed by atoms with van der Waals surface area (Å²) in [6, 6.07) is 11.3. The number of phenolic OH excluding ortho intramolecular Hbond substituents is 1. The van der Waals surface area contributed by atoms with Gasteiger partial charge >= 0.3 is 17.9 Å². The zero-order valence-electron chi connectivity index (χ0n) is 26.0. The first kappa shape index (κ1) is 30.0. The fourth-order valence-electron chi connectivity index (χ4n) is 8.73. The van der Waals surface area contributed by atoms with Crippen LogP contribution in [0.2, 0.25) is 0 Å². The molecule has 7 rings (SSSR count). The summed E-state index contributed by atoms with van der Waals surface area (Å²) in [6.45, 7) is 8.38. The van der Waals surface area contributed by atoms with Gasteiger partial charge in [0.15, 0.2) is 0 Å². The van der Waals surface area contributed by atoms with Gasteiger partial charge in [-0.15, -0.1) is 0 Å². The summed E-state index contributed by atoms with van der Waals surface area (Å²) >= 11 is 0. The lowest BCUT2D eigenvalue weighted by atomic mass is 9.50. The second kappa shape index (κ2) is 11.4. The maximum atomic E-state index is 14.1. The maximum Gasteiger partial charge on any atom is 0.347 e. The quantitative estimate of drug-likeness (QED) is 0.233. The molecule has 5 aliphatic rings. The third-order valence-electron chi connectivity index (χ3n) is 11.6. The molecule has 43 heavy (non-hydrogen) atoms.